The second-order valence-electron chi connectivity index (χ2n) is 5.09. The molecule has 0 amide bonds. The molecule has 3 heteroatoms. The first-order valence-electron chi connectivity index (χ1n) is 6.43. The van der Waals surface area contributed by atoms with Crippen LogP contribution in [0, 0.1) is 20.8 Å². The third-order valence-corrected chi connectivity index (χ3v) is 3.67. The van der Waals surface area contributed by atoms with E-state index in [0.717, 1.165) is 11.4 Å². The average molecular weight is 252 g/mol. The minimum Gasteiger partial charge on any atom is -0.317 e. The topological polar surface area (TPSA) is 34.8 Å². The Morgan fingerprint density at radius 3 is 2.42 bits per heavy atom. The number of rotatable bonds is 1. The number of pyridine rings is 1. The number of nitrogens with two attached hydrogens (primary N) is 1. The fourth-order valence-electron chi connectivity index (χ4n) is 2.66. The number of hydrogen-bond acceptors (Lipinski definition) is 1. The summed E-state index contributed by atoms with van der Waals surface area (Å²) in [5, 5.41) is 0. The predicted molar refractivity (Wildman–Crippen MR) is 76.9 cm³/mol. The van der Waals surface area contributed by atoms with Crippen LogP contribution in [-0.2, 0) is 0 Å². The second kappa shape index (κ2) is 4.12. The lowest BCUT2D eigenvalue weighted by atomic mass is 10.1. The molecule has 2 N–H and O–H groups in total. The molecule has 0 fully saturated rings. The van der Waals surface area contributed by atoms with E-state index < -0.39 is 0 Å². The van der Waals surface area contributed by atoms with Gasteiger partial charge in [-0.25, -0.2) is 5.84 Å². The van der Waals surface area contributed by atoms with Gasteiger partial charge in [0.15, 0.2) is 0 Å². The standard InChI is InChI=1S/C16H18N3/c1-11-5-4-6-12(2)16(11)18-8-7-14-9-13(3)19(17)15(14)10-18/h4-10H,17H2,1-3H3/q+1. The average Bonchev–Trinajstić information content (AvgIpc) is 2.65. The van der Waals surface area contributed by atoms with Crippen LogP contribution in [0.25, 0.3) is 16.9 Å². The quantitative estimate of drug-likeness (QED) is 0.524. The Kier molecular flexibility index (Phi) is 2.56. The largest absolute Gasteiger partial charge is 0.317 e. The van der Waals surface area contributed by atoms with Gasteiger partial charge >= 0.3 is 0 Å². The van der Waals surface area contributed by atoms with Gasteiger partial charge in [-0.1, -0.05) is 22.9 Å². The molecule has 19 heavy (non-hydrogen) atoms. The van der Waals surface area contributed by atoms with Crippen molar-refractivity contribution in [3.05, 3.63) is 59.5 Å². The number of para-hydroxylation sites is 1. The van der Waals surface area contributed by atoms with Crippen molar-refractivity contribution in [3.8, 4) is 16.9 Å². The molecule has 0 saturated heterocycles. The Morgan fingerprint density at radius 2 is 1.74 bits per heavy atom. The third kappa shape index (κ3) is 1.78. The van der Waals surface area contributed by atoms with Crippen LogP contribution in [0.2, 0.25) is 0 Å². The summed E-state index contributed by atoms with van der Waals surface area (Å²) in [4.78, 5) is 0. The molecule has 2 aliphatic heterocycles. The van der Waals surface area contributed by atoms with Crippen LogP contribution in [0.15, 0.2) is 42.7 Å². The number of hydrogen-bond donors (Lipinski definition) is 1. The van der Waals surface area contributed by atoms with Crippen LogP contribution in [0.3, 0.4) is 0 Å². The smallest absolute Gasteiger partial charge is 0.259 e. The fourth-order valence-corrected chi connectivity index (χ4v) is 2.66. The highest BCUT2D eigenvalue weighted by molar-refractivity contribution is 5.59. The lowest BCUT2D eigenvalue weighted by molar-refractivity contribution is -0.630. The van der Waals surface area contributed by atoms with E-state index in [1.807, 2.05) is 6.92 Å². The Balaban J connectivity index is 2.27. The molecule has 0 unspecified atom stereocenters. The summed E-state index contributed by atoms with van der Waals surface area (Å²) in [6.07, 6.45) is 4.19. The van der Waals surface area contributed by atoms with Crippen LogP contribution >= 0.6 is 0 Å². The summed E-state index contributed by atoms with van der Waals surface area (Å²) in [6.45, 7) is 6.28. The van der Waals surface area contributed by atoms with Crippen LogP contribution in [0.4, 0.5) is 0 Å². The highest BCUT2D eigenvalue weighted by atomic mass is 15.3. The lowest BCUT2D eigenvalue weighted by Gasteiger charge is -2.13. The van der Waals surface area contributed by atoms with Gasteiger partial charge in [0.2, 0.25) is 5.69 Å². The van der Waals surface area contributed by atoms with E-state index >= 15 is 0 Å². The first kappa shape index (κ1) is 11.8. The van der Waals surface area contributed by atoms with Gasteiger partial charge in [0.25, 0.3) is 5.69 Å². The third-order valence-electron chi connectivity index (χ3n) is 3.67. The molecule has 0 bridgehead atoms. The number of benzene rings is 1. The first-order chi connectivity index (χ1) is 9.08. The maximum Gasteiger partial charge on any atom is 0.259 e. The SMILES string of the molecule is Cc1cccc(C)c1-n1ccc2cc(C)[n+](N)c-2c1. The van der Waals surface area contributed by atoms with Crippen molar-refractivity contribution >= 4 is 0 Å². The van der Waals surface area contributed by atoms with Gasteiger partial charge < -0.3 is 4.57 Å². The van der Waals surface area contributed by atoms with Crippen molar-refractivity contribution in [1.29, 1.82) is 0 Å². The van der Waals surface area contributed by atoms with Crippen molar-refractivity contribution in [2.45, 2.75) is 20.8 Å². The molecule has 3 rings (SSSR count). The summed E-state index contributed by atoms with van der Waals surface area (Å²) in [5.41, 5.74) is 7.02. The molecule has 0 aliphatic carbocycles. The molecule has 1 aromatic rings. The molecule has 0 radical (unpaired) electrons. The summed E-state index contributed by atoms with van der Waals surface area (Å²) in [5.74, 6) is 6.06. The summed E-state index contributed by atoms with van der Waals surface area (Å²) >= 11 is 0. The minimum atomic E-state index is 1.04. The van der Waals surface area contributed by atoms with Crippen molar-refractivity contribution in [2.75, 3.05) is 5.84 Å². The van der Waals surface area contributed by atoms with Gasteiger partial charge in [0.1, 0.15) is 0 Å². The van der Waals surface area contributed by atoms with Gasteiger partial charge in [-0.3, -0.25) is 0 Å². The van der Waals surface area contributed by atoms with Crippen molar-refractivity contribution in [1.82, 2.24) is 4.57 Å². The zero-order chi connectivity index (χ0) is 13.6. The highest BCUT2D eigenvalue weighted by Crippen LogP contribution is 2.24. The number of nitrogen functional groups attached to an aromatic ring is 1. The number of fused-ring (bicyclic) bond motifs is 1. The summed E-state index contributed by atoms with van der Waals surface area (Å²) < 4.78 is 3.88. The molecular weight excluding hydrogens is 234 g/mol. The minimum absolute atomic E-state index is 1.04. The molecule has 3 nitrogen and oxygen atoms in total. The van der Waals surface area contributed by atoms with Gasteiger partial charge in [-0.05, 0) is 31.0 Å². The maximum absolute atomic E-state index is 6.06. The molecule has 0 atom stereocenters. The monoisotopic (exact) mass is 252 g/mol. The lowest BCUT2D eigenvalue weighted by Crippen LogP contribution is -2.46. The van der Waals surface area contributed by atoms with Gasteiger partial charge in [0.05, 0.1) is 17.4 Å². The molecule has 0 spiro atoms. The van der Waals surface area contributed by atoms with E-state index in [1.165, 1.54) is 22.4 Å². The van der Waals surface area contributed by atoms with E-state index in [9.17, 15) is 0 Å². The van der Waals surface area contributed by atoms with Crippen molar-refractivity contribution < 1.29 is 4.68 Å². The molecule has 2 heterocycles. The van der Waals surface area contributed by atoms with Crippen LogP contribution < -0.4 is 10.5 Å². The Bertz CT molecular complexity index is 701. The second-order valence-corrected chi connectivity index (χ2v) is 5.09. The maximum atomic E-state index is 6.06. The van der Waals surface area contributed by atoms with E-state index in [1.54, 1.807) is 4.68 Å². The van der Waals surface area contributed by atoms with Gasteiger partial charge in [0, 0.05) is 19.2 Å². The molecule has 1 aromatic carbocycles. The molecular formula is C16H18N3+. The van der Waals surface area contributed by atoms with Crippen molar-refractivity contribution in [3.63, 3.8) is 0 Å². The first-order valence-corrected chi connectivity index (χ1v) is 6.43. The van der Waals surface area contributed by atoms with Crippen LogP contribution in [0.5, 0.6) is 0 Å². The number of nitrogens with zero attached hydrogens (tertiary/aromatic N) is 2. The highest BCUT2D eigenvalue weighted by Gasteiger charge is 2.20. The molecule has 96 valence electrons. The predicted octanol–water partition coefficient (Wildman–Crippen LogP) is 2.51. The van der Waals surface area contributed by atoms with Gasteiger partial charge in [-0.2, -0.15) is 0 Å². The van der Waals surface area contributed by atoms with E-state index in [0.29, 0.717) is 0 Å². The van der Waals surface area contributed by atoms with E-state index in [4.69, 9.17) is 5.84 Å². The number of aromatic nitrogens is 2. The van der Waals surface area contributed by atoms with Crippen LogP contribution in [0.1, 0.15) is 16.8 Å². The molecule has 0 saturated carbocycles. The van der Waals surface area contributed by atoms with E-state index in [-0.39, 0.29) is 0 Å². The number of aryl methyl sites for hydroxylation is 3. The van der Waals surface area contributed by atoms with E-state index in [2.05, 4.69) is 61.1 Å². The Labute approximate surface area is 113 Å². The Hall–Kier alpha value is -2.29. The zero-order valence-electron chi connectivity index (χ0n) is 11.5. The molecule has 2 aliphatic rings. The van der Waals surface area contributed by atoms with Crippen molar-refractivity contribution in [2.24, 2.45) is 0 Å². The van der Waals surface area contributed by atoms with Gasteiger partial charge in [-0.15, -0.1) is 0 Å². The van der Waals surface area contributed by atoms with Crippen LogP contribution in [-0.4, -0.2) is 4.57 Å². The normalized spacial score (nSPS) is 11.1. The summed E-state index contributed by atoms with van der Waals surface area (Å²) in [6, 6.07) is 10.6. The molecule has 0 aromatic heterocycles. The Morgan fingerprint density at radius 1 is 1.05 bits per heavy atom. The fraction of sp³-hybridized carbons (Fsp3) is 0.188. The summed E-state index contributed by atoms with van der Waals surface area (Å²) in [7, 11) is 0. The zero-order valence-corrected chi connectivity index (χ0v) is 11.5.